The summed E-state index contributed by atoms with van der Waals surface area (Å²) in [5, 5.41) is 0.897. The molecule has 1 unspecified atom stereocenters. The molecule has 3 aliphatic heterocycles. The fraction of sp³-hybridized carbons (Fsp3) is 0.500. The zero-order chi connectivity index (χ0) is 21.9. The monoisotopic (exact) mass is 455 g/mol. The molecule has 168 valence electrons. The van der Waals surface area contributed by atoms with E-state index in [1.165, 1.54) is 0 Å². The summed E-state index contributed by atoms with van der Waals surface area (Å²) in [5.41, 5.74) is 2.07. The summed E-state index contributed by atoms with van der Waals surface area (Å²) in [6, 6.07) is 3.90. The predicted octanol–water partition coefficient (Wildman–Crippen LogP) is 2.43. The van der Waals surface area contributed by atoms with Gasteiger partial charge >= 0.3 is 0 Å². The first kappa shape index (κ1) is 19.9. The standard InChI is InChI=1S/C22H25N5O4S/c1-14-13-30-11-9-27(14)21-17-18(22(6-10-31-17)5-2-12-32(22,28)29)25-20(26-21)16-4-8-24-19-15(16)3-7-23-19/h3-4,7-8,14H,2,5-6,9-13H2,1H3,(H,23,24)/t14-,22?/m1/s1. The Kier molecular flexibility index (Phi) is 4.45. The summed E-state index contributed by atoms with van der Waals surface area (Å²) in [7, 11) is -3.35. The van der Waals surface area contributed by atoms with E-state index in [2.05, 4.69) is 21.8 Å². The average Bonchev–Trinajstić information content (AvgIpc) is 3.38. The van der Waals surface area contributed by atoms with Crippen LogP contribution < -0.4 is 9.64 Å². The van der Waals surface area contributed by atoms with Crippen molar-refractivity contribution in [1.82, 2.24) is 19.9 Å². The Hall–Kier alpha value is -2.72. The quantitative estimate of drug-likeness (QED) is 0.627. The molecule has 6 heterocycles. The number of anilines is 1. The second-order valence-electron chi connectivity index (χ2n) is 8.78. The lowest BCUT2D eigenvalue weighted by Crippen LogP contribution is -2.45. The van der Waals surface area contributed by atoms with E-state index in [1.807, 2.05) is 18.3 Å². The highest BCUT2D eigenvalue weighted by atomic mass is 32.2. The van der Waals surface area contributed by atoms with Crippen LogP contribution in [0, 0.1) is 0 Å². The SMILES string of the molecule is C[C@@H]1COCCN1c1nc(-c2ccnc3[nH]ccc23)nc2c1OCCC21CCCS1(=O)=O. The zero-order valence-electron chi connectivity index (χ0n) is 17.9. The smallest absolute Gasteiger partial charge is 0.185 e. The number of rotatable bonds is 2. The molecule has 0 aliphatic carbocycles. The first-order valence-electron chi connectivity index (χ1n) is 11.0. The maximum atomic E-state index is 13.3. The molecular formula is C22H25N5O4S. The fourth-order valence-electron chi connectivity index (χ4n) is 5.27. The van der Waals surface area contributed by atoms with Crippen LogP contribution in [0.4, 0.5) is 5.82 Å². The van der Waals surface area contributed by atoms with Gasteiger partial charge < -0.3 is 19.4 Å². The molecule has 3 aliphatic rings. The van der Waals surface area contributed by atoms with Crippen molar-refractivity contribution in [3.8, 4) is 17.1 Å². The van der Waals surface area contributed by atoms with Crippen molar-refractivity contribution >= 4 is 26.7 Å². The van der Waals surface area contributed by atoms with Crippen molar-refractivity contribution in [2.45, 2.75) is 37.0 Å². The van der Waals surface area contributed by atoms with Gasteiger partial charge in [-0.25, -0.2) is 23.4 Å². The van der Waals surface area contributed by atoms with Gasteiger partial charge in [0.25, 0.3) is 0 Å². The number of nitrogens with zero attached hydrogens (tertiary/aromatic N) is 4. The maximum Gasteiger partial charge on any atom is 0.185 e. The zero-order valence-corrected chi connectivity index (χ0v) is 18.7. The number of hydrogen-bond donors (Lipinski definition) is 1. The molecule has 3 aromatic rings. The van der Waals surface area contributed by atoms with E-state index in [0.29, 0.717) is 68.7 Å². The predicted molar refractivity (Wildman–Crippen MR) is 120 cm³/mol. The number of ether oxygens (including phenoxy) is 2. The normalized spacial score (nSPS) is 26.9. The molecular weight excluding hydrogens is 430 g/mol. The summed E-state index contributed by atoms with van der Waals surface area (Å²) in [6.45, 7) is 4.24. The highest BCUT2D eigenvalue weighted by Gasteiger charge is 2.54. The van der Waals surface area contributed by atoms with E-state index in [9.17, 15) is 8.42 Å². The third-order valence-corrected chi connectivity index (χ3v) is 9.58. The van der Waals surface area contributed by atoms with Crippen molar-refractivity contribution in [1.29, 1.82) is 0 Å². The second-order valence-corrected chi connectivity index (χ2v) is 11.2. The number of hydrogen-bond acceptors (Lipinski definition) is 8. The molecule has 6 rings (SSSR count). The molecule has 0 radical (unpaired) electrons. The van der Waals surface area contributed by atoms with Crippen LogP contribution in [0.5, 0.6) is 5.75 Å². The lowest BCUT2D eigenvalue weighted by atomic mass is 9.92. The second kappa shape index (κ2) is 7.14. The first-order chi connectivity index (χ1) is 15.5. The molecule has 10 heteroatoms. The van der Waals surface area contributed by atoms with Gasteiger partial charge in [0.2, 0.25) is 0 Å². The summed E-state index contributed by atoms with van der Waals surface area (Å²) in [4.78, 5) is 19.5. The average molecular weight is 456 g/mol. The van der Waals surface area contributed by atoms with Crippen molar-refractivity contribution in [3.63, 3.8) is 0 Å². The number of sulfone groups is 1. The maximum absolute atomic E-state index is 13.3. The Morgan fingerprint density at radius 2 is 2.12 bits per heavy atom. The highest BCUT2D eigenvalue weighted by molar-refractivity contribution is 7.92. The van der Waals surface area contributed by atoms with Gasteiger partial charge in [-0.1, -0.05) is 0 Å². The van der Waals surface area contributed by atoms with Gasteiger partial charge in [-0.3, -0.25) is 0 Å². The van der Waals surface area contributed by atoms with Crippen LogP contribution in [0.1, 0.15) is 31.9 Å². The van der Waals surface area contributed by atoms with Gasteiger partial charge in [0.05, 0.1) is 31.6 Å². The number of aromatic nitrogens is 4. The summed E-state index contributed by atoms with van der Waals surface area (Å²) < 4.78 is 37.3. The molecule has 0 saturated carbocycles. The minimum Gasteiger partial charge on any atom is -0.488 e. The van der Waals surface area contributed by atoms with Crippen LogP contribution in [0.2, 0.25) is 0 Å². The van der Waals surface area contributed by atoms with Crippen LogP contribution >= 0.6 is 0 Å². The Labute approximate surface area is 186 Å². The van der Waals surface area contributed by atoms with Gasteiger partial charge in [-0.15, -0.1) is 0 Å². The number of nitrogens with one attached hydrogen (secondary N) is 1. The van der Waals surface area contributed by atoms with Crippen molar-refractivity contribution in [2.24, 2.45) is 0 Å². The Morgan fingerprint density at radius 3 is 2.94 bits per heavy atom. The first-order valence-corrected chi connectivity index (χ1v) is 12.7. The van der Waals surface area contributed by atoms with Gasteiger partial charge in [0, 0.05) is 36.3 Å². The minimum atomic E-state index is -3.35. The molecule has 2 atom stereocenters. The van der Waals surface area contributed by atoms with E-state index in [0.717, 1.165) is 16.6 Å². The number of pyridine rings is 1. The summed E-state index contributed by atoms with van der Waals surface area (Å²) >= 11 is 0. The third kappa shape index (κ3) is 2.78. The van der Waals surface area contributed by atoms with Gasteiger partial charge in [-0.05, 0) is 31.9 Å². The fourth-order valence-corrected chi connectivity index (χ4v) is 7.47. The van der Waals surface area contributed by atoms with Crippen LogP contribution in [-0.4, -0.2) is 66.5 Å². The molecule has 2 saturated heterocycles. The van der Waals surface area contributed by atoms with E-state index in [1.54, 1.807) is 6.20 Å². The lowest BCUT2D eigenvalue weighted by molar-refractivity contribution is 0.0979. The van der Waals surface area contributed by atoms with Crippen LogP contribution in [0.15, 0.2) is 24.5 Å². The molecule has 0 aromatic carbocycles. The van der Waals surface area contributed by atoms with Crippen LogP contribution in [0.3, 0.4) is 0 Å². The van der Waals surface area contributed by atoms with E-state index in [4.69, 9.17) is 19.4 Å². The lowest BCUT2D eigenvalue weighted by Gasteiger charge is -2.39. The highest BCUT2D eigenvalue weighted by Crippen LogP contribution is 2.52. The number of H-pyrrole nitrogens is 1. The molecule has 9 nitrogen and oxygen atoms in total. The van der Waals surface area contributed by atoms with E-state index < -0.39 is 14.6 Å². The van der Waals surface area contributed by atoms with Gasteiger partial charge in [0.1, 0.15) is 16.1 Å². The molecule has 0 amide bonds. The van der Waals surface area contributed by atoms with Crippen molar-refractivity contribution in [3.05, 3.63) is 30.2 Å². The minimum absolute atomic E-state index is 0.0852. The van der Waals surface area contributed by atoms with Gasteiger partial charge in [-0.2, -0.15) is 0 Å². The van der Waals surface area contributed by atoms with Gasteiger partial charge in [0.15, 0.2) is 27.2 Å². The number of fused-ring (bicyclic) bond motifs is 3. The molecule has 1 spiro atoms. The van der Waals surface area contributed by atoms with Crippen molar-refractivity contribution < 1.29 is 17.9 Å². The van der Waals surface area contributed by atoms with Crippen LogP contribution in [0.25, 0.3) is 22.4 Å². The Morgan fingerprint density at radius 1 is 1.22 bits per heavy atom. The summed E-state index contributed by atoms with van der Waals surface area (Å²) in [6.07, 6.45) is 5.17. The molecule has 3 aromatic heterocycles. The Bertz CT molecular complexity index is 1310. The number of aromatic amines is 1. The van der Waals surface area contributed by atoms with E-state index >= 15 is 0 Å². The molecule has 32 heavy (non-hydrogen) atoms. The molecule has 1 N–H and O–H groups in total. The summed E-state index contributed by atoms with van der Waals surface area (Å²) in [5.74, 6) is 1.85. The van der Waals surface area contributed by atoms with Crippen molar-refractivity contribution in [2.75, 3.05) is 37.0 Å². The number of morpholine rings is 1. The van der Waals surface area contributed by atoms with Crippen LogP contribution in [-0.2, 0) is 19.3 Å². The topological polar surface area (TPSA) is 110 Å². The largest absolute Gasteiger partial charge is 0.488 e. The third-order valence-electron chi connectivity index (χ3n) is 6.96. The van der Waals surface area contributed by atoms with E-state index in [-0.39, 0.29) is 11.8 Å². The molecule has 0 bridgehead atoms. The Balaban J connectivity index is 1.64. The molecule has 2 fully saturated rings.